The van der Waals surface area contributed by atoms with Gasteiger partial charge in [-0.1, -0.05) is 0 Å². The second kappa shape index (κ2) is 8.56. The first-order valence-electron chi connectivity index (χ1n) is 9.32. The summed E-state index contributed by atoms with van der Waals surface area (Å²) in [6.07, 6.45) is 2.51. The maximum Gasteiger partial charge on any atom is 0.410 e. The van der Waals surface area contributed by atoms with Gasteiger partial charge in [-0.3, -0.25) is 10.1 Å². The number of hydrogen-bond donors (Lipinski definition) is 2. The number of carbonyl (C=O) groups excluding carboxylic acids is 1. The summed E-state index contributed by atoms with van der Waals surface area (Å²) >= 11 is 0. The SMILES string of the molecule is COc1cncc(OC[C@H]2CN(C(=O)OC(C)(C)C)CCO2)c1-c1cc(N)n[nH]1. The number of nitrogen functional groups attached to an aromatic ring is 1. The minimum atomic E-state index is -0.547. The molecule has 1 aliphatic heterocycles. The van der Waals surface area contributed by atoms with Gasteiger partial charge in [-0.25, -0.2) is 4.79 Å². The predicted molar refractivity (Wildman–Crippen MR) is 106 cm³/mol. The number of nitrogens with two attached hydrogens (primary N) is 1. The molecule has 2 aromatic rings. The van der Waals surface area contributed by atoms with E-state index in [0.29, 0.717) is 48.3 Å². The monoisotopic (exact) mass is 405 g/mol. The van der Waals surface area contributed by atoms with E-state index in [0.717, 1.165) is 0 Å². The Kier molecular flexibility index (Phi) is 6.12. The number of aromatic nitrogens is 3. The quantitative estimate of drug-likeness (QED) is 0.775. The van der Waals surface area contributed by atoms with Crippen molar-refractivity contribution in [1.82, 2.24) is 20.1 Å². The molecule has 29 heavy (non-hydrogen) atoms. The first-order chi connectivity index (χ1) is 13.8. The van der Waals surface area contributed by atoms with Gasteiger partial charge in [-0.05, 0) is 20.8 Å². The number of rotatable bonds is 5. The Labute approximate surface area is 169 Å². The van der Waals surface area contributed by atoms with Crippen LogP contribution in [-0.2, 0) is 9.47 Å². The molecule has 1 atom stereocenters. The molecule has 0 radical (unpaired) electrons. The number of morpholine rings is 1. The lowest BCUT2D eigenvalue weighted by molar-refractivity contribution is -0.0557. The molecule has 0 bridgehead atoms. The number of carbonyl (C=O) groups is 1. The Hall–Kier alpha value is -3.01. The highest BCUT2D eigenvalue weighted by atomic mass is 16.6. The fourth-order valence-electron chi connectivity index (χ4n) is 2.91. The number of pyridine rings is 1. The van der Waals surface area contributed by atoms with Crippen LogP contribution < -0.4 is 15.2 Å². The highest BCUT2D eigenvalue weighted by Gasteiger charge is 2.29. The first-order valence-corrected chi connectivity index (χ1v) is 9.32. The molecule has 2 aromatic heterocycles. The first kappa shape index (κ1) is 20.7. The second-order valence-corrected chi connectivity index (χ2v) is 7.65. The molecule has 0 aromatic carbocycles. The molecule has 1 aliphatic rings. The van der Waals surface area contributed by atoms with E-state index in [4.69, 9.17) is 24.7 Å². The summed E-state index contributed by atoms with van der Waals surface area (Å²) in [6.45, 7) is 7.00. The molecule has 1 fully saturated rings. The van der Waals surface area contributed by atoms with Gasteiger partial charge >= 0.3 is 6.09 Å². The van der Waals surface area contributed by atoms with Crippen LogP contribution in [0.4, 0.5) is 10.6 Å². The van der Waals surface area contributed by atoms with E-state index in [1.165, 1.54) is 0 Å². The van der Waals surface area contributed by atoms with Crippen LogP contribution in [0.3, 0.4) is 0 Å². The van der Waals surface area contributed by atoms with Gasteiger partial charge in [-0.15, -0.1) is 0 Å². The Bertz CT molecular complexity index is 848. The Morgan fingerprint density at radius 1 is 1.38 bits per heavy atom. The van der Waals surface area contributed by atoms with Crippen LogP contribution in [0.1, 0.15) is 20.8 Å². The van der Waals surface area contributed by atoms with Crippen molar-refractivity contribution in [2.75, 3.05) is 39.1 Å². The molecular formula is C19H27N5O5. The molecule has 10 nitrogen and oxygen atoms in total. The summed E-state index contributed by atoms with van der Waals surface area (Å²) < 4.78 is 22.6. The highest BCUT2D eigenvalue weighted by Crippen LogP contribution is 2.37. The molecule has 10 heteroatoms. The van der Waals surface area contributed by atoms with Gasteiger partial charge < -0.3 is 29.6 Å². The van der Waals surface area contributed by atoms with Gasteiger partial charge in [-0.2, -0.15) is 5.10 Å². The Balaban J connectivity index is 1.69. The van der Waals surface area contributed by atoms with Crippen LogP contribution in [0.2, 0.25) is 0 Å². The van der Waals surface area contributed by atoms with Crippen molar-refractivity contribution in [3.8, 4) is 22.8 Å². The van der Waals surface area contributed by atoms with Crippen molar-refractivity contribution in [3.05, 3.63) is 18.5 Å². The largest absolute Gasteiger partial charge is 0.494 e. The third-order valence-electron chi connectivity index (χ3n) is 4.18. The lowest BCUT2D eigenvalue weighted by Crippen LogP contribution is -2.49. The van der Waals surface area contributed by atoms with Crippen LogP contribution in [-0.4, -0.2) is 71.3 Å². The van der Waals surface area contributed by atoms with E-state index < -0.39 is 5.60 Å². The zero-order chi connectivity index (χ0) is 21.0. The second-order valence-electron chi connectivity index (χ2n) is 7.65. The van der Waals surface area contributed by atoms with Crippen molar-refractivity contribution >= 4 is 11.9 Å². The molecule has 1 amide bonds. The number of ether oxygens (including phenoxy) is 4. The molecular weight excluding hydrogens is 378 g/mol. The summed E-state index contributed by atoms with van der Waals surface area (Å²) in [5.41, 5.74) is 6.49. The Morgan fingerprint density at radius 2 is 2.14 bits per heavy atom. The van der Waals surface area contributed by atoms with E-state index in [9.17, 15) is 4.79 Å². The van der Waals surface area contributed by atoms with Crippen LogP contribution >= 0.6 is 0 Å². The number of H-pyrrole nitrogens is 1. The fourth-order valence-corrected chi connectivity index (χ4v) is 2.91. The average molecular weight is 405 g/mol. The fraction of sp³-hybridized carbons (Fsp3) is 0.526. The maximum atomic E-state index is 12.3. The number of nitrogens with one attached hydrogen (secondary N) is 1. The molecule has 0 aliphatic carbocycles. The number of nitrogens with zero attached hydrogens (tertiary/aromatic N) is 3. The molecule has 158 valence electrons. The van der Waals surface area contributed by atoms with E-state index >= 15 is 0 Å². The van der Waals surface area contributed by atoms with E-state index in [1.807, 2.05) is 20.8 Å². The number of anilines is 1. The minimum Gasteiger partial charge on any atom is -0.494 e. The van der Waals surface area contributed by atoms with Crippen molar-refractivity contribution in [1.29, 1.82) is 0 Å². The molecule has 0 unspecified atom stereocenters. The van der Waals surface area contributed by atoms with Crippen molar-refractivity contribution in [3.63, 3.8) is 0 Å². The number of hydrogen-bond acceptors (Lipinski definition) is 8. The zero-order valence-corrected chi connectivity index (χ0v) is 17.1. The highest BCUT2D eigenvalue weighted by molar-refractivity contribution is 5.74. The Morgan fingerprint density at radius 3 is 2.79 bits per heavy atom. The zero-order valence-electron chi connectivity index (χ0n) is 17.1. The normalized spacial score (nSPS) is 17.1. The standard InChI is InChI=1S/C19H27N5O5/c1-19(2,3)29-18(25)24-5-6-27-12(10-24)11-28-15-9-21-8-14(26-4)17(15)13-7-16(20)23-22-13/h7-9,12H,5-6,10-11H2,1-4H3,(H3,20,22,23)/t12-/m1/s1. The summed E-state index contributed by atoms with van der Waals surface area (Å²) in [7, 11) is 1.55. The van der Waals surface area contributed by atoms with Crippen molar-refractivity contribution in [2.24, 2.45) is 0 Å². The third kappa shape index (κ3) is 5.29. The van der Waals surface area contributed by atoms with Gasteiger partial charge in [0.2, 0.25) is 0 Å². The summed E-state index contributed by atoms with van der Waals surface area (Å²) in [6, 6.07) is 1.69. The van der Waals surface area contributed by atoms with Crippen LogP contribution in [0.15, 0.2) is 18.5 Å². The third-order valence-corrected chi connectivity index (χ3v) is 4.18. The average Bonchev–Trinajstić information content (AvgIpc) is 3.10. The lowest BCUT2D eigenvalue weighted by Gasteiger charge is -2.34. The number of methoxy groups -OCH3 is 1. The summed E-state index contributed by atoms with van der Waals surface area (Å²) in [5, 5.41) is 6.81. The van der Waals surface area contributed by atoms with Crippen LogP contribution in [0.5, 0.6) is 11.5 Å². The molecule has 3 heterocycles. The van der Waals surface area contributed by atoms with Crippen molar-refractivity contribution in [2.45, 2.75) is 32.5 Å². The molecule has 0 spiro atoms. The van der Waals surface area contributed by atoms with Gasteiger partial charge in [0.15, 0.2) is 5.75 Å². The molecule has 3 rings (SSSR count). The van der Waals surface area contributed by atoms with Gasteiger partial charge in [0.25, 0.3) is 0 Å². The minimum absolute atomic E-state index is 0.227. The smallest absolute Gasteiger partial charge is 0.410 e. The van der Waals surface area contributed by atoms with Gasteiger partial charge in [0.1, 0.15) is 29.9 Å². The number of aromatic amines is 1. The summed E-state index contributed by atoms with van der Waals surface area (Å²) in [5.74, 6) is 1.37. The molecule has 1 saturated heterocycles. The van der Waals surface area contributed by atoms with Crippen LogP contribution in [0.25, 0.3) is 11.3 Å². The van der Waals surface area contributed by atoms with Gasteiger partial charge in [0.05, 0.1) is 43.9 Å². The van der Waals surface area contributed by atoms with Crippen LogP contribution in [0, 0.1) is 0 Å². The van der Waals surface area contributed by atoms with E-state index in [2.05, 4.69) is 15.2 Å². The van der Waals surface area contributed by atoms with E-state index in [1.54, 1.807) is 30.5 Å². The predicted octanol–water partition coefficient (Wildman–Crippen LogP) is 2.08. The van der Waals surface area contributed by atoms with Gasteiger partial charge in [0, 0.05) is 12.6 Å². The maximum absolute atomic E-state index is 12.3. The van der Waals surface area contributed by atoms with E-state index in [-0.39, 0.29) is 18.8 Å². The summed E-state index contributed by atoms with van der Waals surface area (Å²) in [4.78, 5) is 18.1. The molecule has 3 N–H and O–H groups in total. The number of amides is 1. The van der Waals surface area contributed by atoms with Crippen molar-refractivity contribution < 1.29 is 23.7 Å². The topological polar surface area (TPSA) is 125 Å². The molecule has 0 saturated carbocycles. The lowest BCUT2D eigenvalue weighted by atomic mass is 10.1.